The molecule has 35 heavy (non-hydrogen) atoms. The van der Waals surface area contributed by atoms with E-state index in [9.17, 15) is 13.6 Å². The van der Waals surface area contributed by atoms with Gasteiger partial charge in [-0.3, -0.25) is 5.32 Å². The molecule has 11 heteroatoms. The lowest BCUT2D eigenvalue weighted by Gasteiger charge is -2.13. The highest BCUT2D eigenvalue weighted by Gasteiger charge is 2.18. The molecule has 3 heterocycles. The van der Waals surface area contributed by atoms with Gasteiger partial charge < -0.3 is 15.0 Å². The van der Waals surface area contributed by atoms with Crippen LogP contribution in [0.5, 0.6) is 11.5 Å². The summed E-state index contributed by atoms with van der Waals surface area (Å²) >= 11 is 6.14. The highest BCUT2D eigenvalue weighted by molar-refractivity contribution is 6.36. The third kappa shape index (κ3) is 4.51. The molecular weight excluding hydrogens is 478 g/mol. The van der Waals surface area contributed by atoms with Gasteiger partial charge in [-0.1, -0.05) is 29.8 Å². The minimum Gasteiger partial charge on any atom is -0.453 e. The van der Waals surface area contributed by atoms with Crippen LogP contribution in [0.3, 0.4) is 0 Å². The Bertz CT molecular complexity index is 1550. The highest BCUT2D eigenvalue weighted by Crippen LogP contribution is 2.35. The summed E-state index contributed by atoms with van der Waals surface area (Å²) < 4.78 is 36.6. The van der Waals surface area contributed by atoms with E-state index in [-0.39, 0.29) is 17.2 Å². The normalized spacial score (nSPS) is 11.0. The number of nitrogens with one attached hydrogen (secondary N) is 3. The van der Waals surface area contributed by atoms with Gasteiger partial charge in [0.25, 0.3) is 0 Å². The van der Waals surface area contributed by atoms with E-state index in [1.165, 1.54) is 23.1 Å². The number of benzene rings is 2. The monoisotopic (exact) mass is 494 g/mol. The Kier molecular flexibility index (Phi) is 5.79. The molecule has 3 aromatic heterocycles. The fourth-order valence-electron chi connectivity index (χ4n) is 3.52. The number of amides is 2. The van der Waals surface area contributed by atoms with Crippen LogP contribution in [0.1, 0.15) is 5.69 Å². The highest BCUT2D eigenvalue weighted by atomic mass is 35.5. The van der Waals surface area contributed by atoms with Crippen LogP contribution in [0.15, 0.2) is 67.0 Å². The summed E-state index contributed by atoms with van der Waals surface area (Å²) in [5, 5.41) is 10.0. The Balaban J connectivity index is 1.35. The van der Waals surface area contributed by atoms with Gasteiger partial charge in [-0.05, 0) is 25.1 Å². The van der Waals surface area contributed by atoms with Gasteiger partial charge in [-0.2, -0.15) is 5.10 Å². The maximum absolute atomic E-state index is 14.8. The number of ether oxygens (including phenoxy) is 1. The van der Waals surface area contributed by atoms with Crippen molar-refractivity contribution in [3.8, 4) is 17.2 Å². The van der Waals surface area contributed by atoms with Gasteiger partial charge in [-0.15, -0.1) is 0 Å². The second-order valence-corrected chi connectivity index (χ2v) is 7.94. The first-order valence-electron chi connectivity index (χ1n) is 10.4. The molecule has 2 aromatic carbocycles. The van der Waals surface area contributed by atoms with Crippen molar-refractivity contribution in [2.75, 3.05) is 10.6 Å². The predicted molar refractivity (Wildman–Crippen MR) is 128 cm³/mol. The predicted octanol–water partition coefficient (Wildman–Crippen LogP) is 6.42. The molecule has 5 aromatic rings. The number of anilines is 2. The summed E-state index contributed by atoms with van der Waals surface area (Å²) in [6, 6.07) is 13.2. The number of hydrogen-bond acceptors (Lipinski definition) is 4. The molecule has 176 valence electrons. The first-order valence-corrected chi connectivity index (χ1v) is 10.8. The molecular formula is C24H17ClF2N6O2. The van der Waals surface area contributed by atoms with E-state index in [1.54, 1.807) is 13.0 Å². The number of pyridine rings is 1. The van der Waals surface area contributed by atoms with Gasteiger partial charge in [0.05, 0.1) is 27.5 Å². The Hall–Kier alpha value is -4.44. The number of urea groups is 1. The van der Waals surface area contributed by atoms with Crippen molar-refractivity contribution in [1.29, 1.82) is 0 Å². The zero-order valence-corrected chi connectivity index (χ0v) is 18.9. The topological polar surface area (TPSA) is 96.9 Å². The summed E-state index contributed by atoms with van der Waals surface area (Å²) in [5.41, 5.74) is 1.46. The van der Waals surface area contributed by atoms with Crippen LogP contribution in [-0.2, 0) is 0 Å². The number of hydrogen-bond donors (Lipinski definition) is 3. The average Bonchev–Trinajstić information content (AvgIpc) is 3.40. The van der Waals surface area contributed by atoms with Gasteiger partial charge in [-0.25, -0.2) is 23.2 Å². The van der Waals surface area contributed by atoms with Crippen LogP contribution in [0.25, 0.3) is 16.7 Å². The number of H-pyrrole nitrogens is 1. The number of aryl methyl sites for hydroxylation is 1. The molecule has 2 amide bonds. The molecule has 0 aliphatic rings. The summed E-state index contributed by atoms with van der Waals surface area (Å²) in [6.07, 6.45) is 2.96. The van der Waals surface area contributed by atoms with Crippen LogP contribution in [-0.4, -0.2) is 25.8 Å². The molecule has 0 aliphatic heterocycles. The molecule has 0 spiro atoms. The molecule has 0 bridgehead atoms. The Morgan fingerprint density at radius 1 is 1.06 bits per heavy atom. The van der Waals surface area contributed by atoms with Crippen LogP contribution in [0.4, 0.5) is 25.1 Å². The summed E-state index contributed by atoms with van der Waals surface area (Å²) in [5.74, 6) is -1.60. The second kappa shape index (κ2) is 9.07. The van der Waals surface area contributed by atoms with E-state index >= 15 is 0 Å². The molecule has 5 rings (SSSR count). The average molecular weight is 495 g/mol. The lowest BCUT2D eigenvalue weighted by atomic mass is 10.2. The fourth-order valence-corrected chi connectivity index (χ4v) is 3.76. The van der Waals surface area contributed by atoms with Gasteiger partial charge in [0.15, 0.2) is 17.4 Å². The van der Waals surface area contributed by atoms with Gasteiger partial charge in [0.2, 0.25) is 0 Å². The Morgan fingerprint density at radius 3 is 2.66 bits per heavy atom. The van der Waals surface area contributed by atoms with Crippen LogP contribution >= 0.6 is 11.6 Å². The number of aromatic nitrogens is 4. The van der Waals surface area contributed by atoms with Crippen LogP contribution in [0, 0.1) is 18.6 Å². The van der Waals surface area contributed by atoms with Crippen molar-refractivity contribution in [2.24, 2.45) is 0 Å². The van der Waals surface area contributed by atoms with Crippen molar-refractivity contribution in [3.63, 3.8) is 0 Å². The number of rotatable bonds is 5. The maximum Gasteiger partial charge on any atom is 0.324 e. The van der Waals surface area contributed by atoms with E-state index in [0.717, 1.165) is 17.8 Å². The Morgan fingerprint density at radius 2 is 1.86 bits per heavy atom. The molecule has 0 saturated heterocycles. The number of para-hydroxylation sites is 1. The van der Waals surface area contributed by atoms with Crippen molar-refractivity contribution in [2.45, 2.75) is 6.92 Å². The molecule has 3 N–H and O–H groups in total. The largest absolute Gasteiger partial charge is 0.453 e. The van der Waals surface area contributed by atoms with Crippen LogP contribution < -0.4 is 15.4 Å². The number of aromatic amines is 1. The summed E-state index contributed by atoms with van der Waals surface area (Å²) in [6.45, 7) is 1.77. The number of fused-ring (bicyclic) bond motifs is 1. The van der Waals surface area contributed by atoms with Crippen LogP contribution in [0.2, 0.25) is 5.02 Å². The maximum atomic E-state index is 14.8. The van der Waals surface area contributed by atoms with Crippen molar-refractivity contribution in [3.05, 3.63) is 89.3 Å². The minimum absolute atomic E-state index is 0.197. The van der Waals surface area contributed by atoms with Gasteiger partial charge in [0, 0.05) is 30.6 Å². The molecule has 0 unspecified atom stereocenters. The lowest BCUT2D eigenvalue weighted by molar-refractivity contribution is 0.262. The smallest absolute Gasteiger partial charge is 0.324 e. The van der Waals surface area contributed by atoms with Crippen molar-refractivity contribution in [1.82, 2.24) is 19.7 Å². The minimum atomic E-state index is -0.894. The third-order valence-electron chi connectivity index (χ3n) is 5.05. The molecule has 8 nitrogen and oxygen atoms in total. The van der Waals surface area contributed by atoms with E-state index in [1.807, 2.05) is 30.3 Å². The first-order chi connectivity index (χ1) is 16.9. The quantitative estimate of drug-likeness (QED) is 0.262. The van der Waals surface area contributed by atoms with Crippen molar-refractivity contribution >= 4 is 40.2 Å². The molecule has 0 atom stereocenters. The van der Waals surface area contributed by atoms with E-state index in [0.29, 0.717) is 27.6 Å². The molecule has 0 aliphatic carbocycles. The third-order valence-corrected chi connectivity index (χ3v) is 5.35. The number of halogens is 3. The molecule has 0 fully saturated rings. The van der Waals surface area contributed by atoms with E-state index in [4.69, 9.17) is 16.3 Å². The fraction of sp³-hybridized carbons (Fsp3) is 0.0417. The van der Waals surface area contributed by atoms with Crippen molar-refractivity contribution < 1.29 is 18.3 Å². The number of carbonyl (C=O) groups excluding carboxylic acids is 1. The molecule has 0 radical (unpaired) electrons. The summed E-state index contributed by atoms with van der Waals surface area (Å²) in [7, 11) is 0. The van der Waals surface area contributed by atoms with Gasteiger partial charge in [0.1, 0.15) is 17.2 Å². The molecule has 0 saturated carbocycles. The summed E-state index contributed by atoms with van der Waals surface area (Å²) in [4.78, 5) is 19.5. The number of carbonyl (C=O) groups is 1. The zero-order valence-electron chi connectivity index (χ0n) is 18.1. The lowest BCUT2D eigenvalue weighted by Crippen LogP contribution is -2.22. The zero-order chi connectivity index (χ0) is 24.5. The second-order valence-electron chi connectivity index (χ2n) is 7.53. The van der Waals surface area contributed by atoms with E-state index in [2.05, 4.69) is 25.7 Å². The van der Waals surface area contributed by atoms with E-state index < -0.39 is 17.7 Å². The van der Waals surface area contributed by atoms with Gasteiger partial charge >= 0.3 is 6.03 Å². The standard InChI is InChI=1S/C24H17ClF2N6O2/c1-13-9-21(33(32-13)14-5-3-2-4-6-14)31-24(34)30-18-10-17(27)20(11-16(18)26)35-19-7-8-28-23-22(19)15(25)12-29-23/h2-12H,1H3,(H,28,29)(H2,30,31,34). The SMILES string of the molecule is Cc1cc(NC(=O)Nc2cc(F)c(Oc3ccnc4[nH]cc(Cl)c34)cc2F)n(-c2ccccc2)n1. The Labute approximate surface area is 202 Å². The number of nitrogens with zero attached hydrogens (tertiary/aromatic N) is 3. The first kappa shape index (κ1) is 22.4.